The maximum atomic E-state index is 12.4. The van der Waals surface area contributed by atoms with Crippen molar-refractivity contribution in [1.82, 2.24) is 19.9 Å². The average Bonchev–Trinajstić information content (AvgIpc) is 1.68. The summed E-state index contributed by atoms with van der Waals surface area (Å²) in [4.78, 5) is 99.8. The van der Waals surface area contributed by atoms with Gasteiger partial charge in [0.1, 0.15) is 44.6 Å². The molecular weight excluding hydrogens is 2030 g/mol. The topological polar surface area (TPSA) is 391 Å². The Hall–Kier alpha value is -10.9. The van der Waals surface area contributed by atoms with Gasteiger partial charge in [0.25, 0.3) is 0 Å². The highest BCUT2D eigenvalue weighted by atomic mass is 35.5. The number of nitrogens with zero attached hydrogens (tertiary/aromatic N) is 7. The Morgan fingerprint density at radius 2 is 0.725 bits per heavy atom. The maximum absolute atomic E-state index is 12.4. The number of esters is 4. The monoisotopic (exact) mass is 2160 g/mol. The van der Waals surface area contributed by atoms with E-state index in [1.165, 1.54) is 23.0 Å². The Morgan fingerprint density at radius 1 is 0.416 bits per heavy atom. The molecule has 1 saturated heterocycles. The fourth-order valence-corrected chi connectivity index (χ4v) is 19.2. The van der Waals surface area contributed by atoms with Crippen molar-refractivity contribution in [2.45, 2.75) is 213 Å². The van der Waals surface area contributed by atoms with Crippen molar-refractivity contribution in [3.05, 3.63) is 221 Å². The van der Waals surface area contributed by atoms with E-state index in [0.717, 1.165) is 166 Å². The molecule has 0 radical (unpaired) electrons. The third-order valence-corrected chi connectivity index (χ3v) is 29.3. The number of aliphatic hydroxyl groups excluding tert-OH is 1. The average molecular weight is 2160 g/mol. The third kappa shape index (κ3) is 41.3. The predicted molar refractivity (Wildman–Crippen MR) is 555 cm³/mol. The summed E-state index contributed by atoms with van der Waals surface area (Å²) in [5.74, 6) is 2.60. The van der Waals surface area contributed by atoms with Crippen LogP contribution in [0.4, 0.5) is 66.4 Å². The first-order valence-electron chi connectivity index (χ1n) is 49.8. The standard InChI is InChI=1S/C27H28ClN3O3.C25H24ClN3O3.C17H29BO5.C12H20O3.C11H18O4.C8H5F6NO4S2.C7H12O2/c1-2-34-27(32)19-33-18-20-8-10-21(11-9-20)25-16-29-17-26(30-25)31(23-6-4-3-5-7-23)24-14-12-22(28)13-15-24;26-20-10-12-22(13-11-20)29(21-4-2-1-3-5-21)24-15-27-14-23(28-24)19-8-6-18(7-9-19)16-32-17-25(30)31;1-6-21-15(19)12-20-11-13-7-9-14(10-8-13)18-22-16(2,3)17(4,5)23-18;1-3-15-12(13)9-14-8-11-6-4-10(2)5-7-11;1-2-15-11(13)8-14-7-9-3-5-10(12)6-4-9;9-7(10,11)20(16,17)15(6-4-2-1-3-5-6)21(18,19)8(12,13)14;8-5-6-1-3-7(9)4-2-6/h3-7,10,12-17,20H,2,8-9,11,18-19H2,1H3;1-5,8,10-15,18H,6-7,9,16-17H2,(H,30,31);9,13H,6-8,10-12H2,1-5H3;4,11H,3,5-9H2,1-2H3;9H,2-8H2,1H3;1-5H;6,8H,1-5H2. The minimum absolute atomic E-state index is 0.00838. The number of hydrogen-bond donors (Lipinski definition) is 2. The Morgan fingerprint density at radius 3 is 1.03 bits per heavy atom. The Bertz CT molecular complexity index is 5670. The summed E-state index contributed by atoms with van der Waals surface area (Å²) in [6.07, 6.45) is 33.9. The number of anilines is 7. The summed E-state index contributed by atoms with van der Waals surface area (Å²) in [7, 11) is -13.8. The number of Topliss-reactive ketones (excluding diaryl/α,β-unsaturated/α-hetero) is 2. The molecule has 0 spiro atoms. The molecule has 149 heavy (non-hydrogen) atoms. The summed E-state index contributed by atoms with van der Waals surface area (Å²) in [6.45, 7) is 22.2. The van der Waals surface area contributed by atoms with Gasteiger partial charge in [-0.1, -0.05) is 108 Å². The van der Waals surface area contributed by atoms with Crippen LogP contribution in [0.15, 0.2) is 200 Å². The van der Waals surface area contributed by atoms with Gasteiger partial charge in [-0.15, -0.1) is 3.71 Å². The molecular formula is C107H136BCl2F6N7O24S2. The van der Waals surface area contributed by atoms with Crippen molar-refractivity contribution in [2.24, 2.45) is 35.5 Å². The number of benzene rings is 5. The van der Waals surface area contributed by atoms with E-state index in [4.69, 9.17) is 95.3 Å². The van der Waals surface area contributed by atoms with E-state index in [0.29, 0.717) is 154 Å². The zero-order chi connectivity index (χ0) is 109. The summed E-state index contributed by atoms with van der Waals surface area (Å²) in [5, 5.41) is 18.7. The largest absolute Gasteiger partial charge is 0.517 e. The highest BCUT2D eigenvalue weighted by molar-refractivity contribution is 8.11. The van der Waals surface area contributed by atoms with Crippen molar-refractivity contribution in [3.8, 4) is 0 Å². The molecule has 5 aromatic carbocycles. The van der Waals surface area contributed by atoms with Crippen LogP contribution < -0.4 is 13.5 Å². The number of carboxylic acid groups (broad SMARTS) is 1. The number of sulfonamides is 2. The molecule has 0 bridgehead atoms. The van der Waals surface area contributed by atoms with Gasteiger partial charge < -0.3 is 62.2 Å². The van der Waals surface area contributed by atoms with Crippen LogP contribution in [0.5, 0.6) is 0 Å². The minimum atomic E-state index is -6.81. The molecule has 31 nitrogen and oxygen atoms in total. The molecule has 3 heterocycles. The highest BCUT2D eigenvalue weighted by Crippen LogP contribution is 2.44. The lowest BCUT2D eigenvalue weighted by molar-refractivity contribution is -0.149. The van der Waals surface area contributed by atoms with Gasteiger partial charge in [-0.3, -0.25) is 29.4 Å². The molecule has 6 aliphatic carbocycles. The summed E-state index contributed by atoms with van der Waals surface area (Å²) in [5.41, 5.74) is -3.74. The molecule has 2 N–H and O–H groups in total. The number of aromatic nitrogens is 4. The van der Waals surface area contributed by atoms with E-state index < -0.39 is 46.4 Å². The predicted octanol–water partition coefficient (Wildman–Crippen LogP) is 21.7. The number of para-hydroxylation sites is 3. The molecule has 2 saturated carbocycles. The fourth-order valence-electron chi connectivity index (χ4n) is 16.2. The second-order valence-corrected chi connectivity index (χ2v) is 41.7. The van der Waals surface area contributed by atoms with Gasteiger partial charge in [-0.25, -0.2) is 33.9 Å². The van der Waals surface area contributed by atoms with Gasteiger partial charge in [0.05, 0.1) is 113 Å². The quantitative estimate of drug-likeness (QED) is 0.0120. The lowest BCUT2D eigenvalue weighted by Gasteiger charge is -2.32. The Labute approximate surface area is 878 Å². The normalized spacial score (nSPS) is 18.2. The fraction of sp³-hybridized carbons (Fsp3) is 0.505. The van der Waals surface area contributed by atoms with Gasteiger partial charge in [-0.2, -0.15) is 43.2 Å². The first-order chi connectivity index (χ1) is 71.0. The van der Waals surface area contributed by atoms with E-state index in [1.807, 2.05) is 115 Å². The van der Waals surface area contributed by atoms with E-state index in [-0.39, 0.29) is 81.8 Å². The van der Waals surface area contributed by atoms with Gasteiger partial charge >= 0.3 is 68.0 Å². The number of carbonyl (C=O) groups is 7. The number of ketones is 2. The lowest BCUT2D eigenvalue weighted by Crippen LogP contribution is -2.49. The van der Waals surface area contributed by atoms with E-state index in [9.17, 15) is 76.7 Å². The van der Waals surface area contributed by atoms with E-state index >= 15 is 0 Å². The Balaban J connectivity index is 0.000000219. The molecule has 1 aliphatic heterocycles. The molecule has 4 unspecified atom stereocenters. The van der Waals surface area contributed by atoms with Crippen molar-refractivity contribution >= 4 is 143 Å². The zero-order valence-electron chi connectivity index (χ0n) is 85.5. The van der Waals surface area contributed by atoms with Crippen LogP contribution in [0.2, 0.25) is 10.0 Å². The van der Waals surface area contributed by atoms with Crippen molar-refractivity contribution in [2.75, 3.05) is 113 Å². The van der Waals surface area contributed by atoms with Crippen molar-refractivity contribution in [1.29, 1.82) is 0 Å². The van der Waals surface area contributed by atoms with Crippen LogP contribution in [-0.4, -0.2) is 217 Å². The highest BCUT2D eigenvalue weighted by Gasteiger charge is 2.62. The van der Waals surface area contributed by atoms with Crippen LogP contribution in [0, 0.1) is 35.5 Å². The van der Waals surface area contributed by atoms with Crippen LogP contribution in [0.3, 0.4) is 0 Å². The van der Waals surface area contributed by atoms with Crippen LogP contribution in [-0.2, 0) is 106 Å². The number of aliphatic carboxylic acids is 1. The number of allylic oxidation sites excluding steroid dienone is 8. The van der Waals surface area contributed by atoms with Crippen molar-refractivity contribution in [3.63, 3.8) is 0 Å². The third-order valence-electron chi connectivity index (χ3n) is 25.1. The van der Waals surface area contributed by atoms with Crippen molar-refractivity contribution < 1.29 is 139 Å². The van der Waals surface area contributed by atoms with Crippen LogP contribution >= 0.6 is 23.2 Å². The zero-order valence-corrected chi connectivity index (χ0v) is 88.7. The summed E-state index contributed by atoms with van der Waals surface area (Å²) < 4.78 is 176. The van der Waals surface area contributed by atoms with E-state index in [1.54, 1.807) is 46.3 Å². The molecule has 7 aliphatic rings. The first-order valence-corrected chi connectivity index (χ1v) is 53.4. The summed E-state index contributed by atoms with van der Waals surface area (Å²) >= 11 is 12.2. The lowest BCUT2D eigenvalue weighted by atomic mass is 9.71. The molecule has 7 aromatic rings. The van der Waals surface area contributed by atoms with Gasteiger partial charge in [-0.05, 0) is 302 Å². The number of carbonyl (C=O) groups excluding carboxylic acids is 6. The van der Waals surface area contributed by atoms with E-state index in [2.05, 4.69) is 78.7 Å². The number of hydrogen-bond acceptors (Lipinski definition) is 29. The molecule has 14 rings (SSSR count). The summed E-state index contributed by atoms with van der Waals surface area (Å²) in [6, 6.07) is 39.3. The number of halogens is 8. The second-order valence-electron chi connectivity index (χ2n) is 37.0. The first kappa shape index (κ1) is 123. The number of carboxylic acids is 1. The molecule has 814 valence electrons. The number of alkyl halides is 6. The molecule has 4 atom stereocenters. The smallest absolute Gasteiger partial charge is 0.480 e. The van der Waals surface area contributed by atoms with Gasteiger partial charge in [0.2, 0.25) is 0 Å². The van der Waals surface area contributed by atoms with Gasteiger partial charge in [0.15, 0.2) is 11.6 Å². The molecule has 2 aromatic heterocycles. The maximum Gasteiger partial charge on any atom is 0.517 e. The Kier molecular flexibility index (Phi) is 51.5. The SMILES string of the molecule is CCOC(=O)COCC1CC=C(B2OC(C)(C)C(C)(C)O2)CC1.CCOC(=O)COCC1CC=C(C)CC1.CCOC(=O)COCC1CC=C(c2cncc(N(c3ccccc3)c3ccc(Cl)cc3)n2)CC1.CCOC(=O)COCC1CCC(=O)CC1.O=C(O)COCC1CC=C(c2cncc(N(c3ccccc3)c3ccc(Cl)cc3)n2)CC1.O=C1CCC(CO)CC1.O=S(=O)(N(c1ccccc1)S(=O)(=O)C(F)(F)F)C(F)(F)F. The van der Waals surface area contributed by atoms with Gasteiger partial charge in [0, 0.05) is 65.1 Å². The number of ether oxygens (including phenoxy) is 9. The number of aliphatic hydroxyl groups is 1. The molecule has 3 fully saturated rings. The minimum Gasteiger partial charge on any atom is -0.480 e. The molecule has 42 heteroatoms. The molecule has 0 amide bonds. The second kappa shape index (κ2) is 62.2. The van der Waals surface area contributed by atoms with Crippen LogP contribution in [0.1, 0.15) is 202 Å². The number of rotatable bonds is 37. The van der Waals surface area contributed by atoms with Crippen LogP contribution in [0.25, 0.3) is 11.1 Å².